The molecule has 0 aliphatic carbocycles. The van der Waals surface area contributed by atoms with Crippen molar-refractivity contribution in [2.45, 2.75) is 78.4 Å². The van der Waals surface area contributed by atoms with Crippen LogP contribution in [0.4, 0.5) is 0 Å². The first-order valence-corrected chi connectivity index (χ1v) is 11.3. The molecular weight excluding hydrogens is 388 g/mol. The molecule has 1 fully saturated rings. The molecule has 0 radical (unpaired) electrons. The van der Waals surface area contributed by atoms with Crippen molar-refractivity contribution in [3.63, 3.8) is 0 Å². The summed E-state index contributed by atoms with van der Waals surface area (Å²) in [6, 6.07) is 10.1. The summed E-state index contributed by atoms with van der Waals surface area (Å²) in [4.78, 5) is 28.1. The fourth-order valence-electron chi connectivity index (χ4n) is 5.13. The van der Waals surface area contributed by atoms with Crippen LogP contribution in [0.5, 0.6) is 0 Å². The smallest absolute Gasteiger partial charge is 0.281 e. The number of likely N-dealkylation sites (tertiary alicyclic amines) is 1. The number of aromatic nitrogens is 3. The van der Waals surface area contributed by atoms with Gasteiger partial charge in [0.05, 0.1) is 17.3 Å². The molecule has 0 unspecified atom stereocenters. The minimum Gasteiger partial charge on any atom is -0.348 e. The van der Waals surface area contributed by atoms with Gasteiger partial charge in [-0.3, -0.25) is 9.59 Å². The summed E-state index contributed by atoms with van der Waals surface area (Å²) >= 11 is 0. The molecule has 31 heavy (non-hydrogen) atoms. The maximum absolute atomic E-state index is 13.2. The number of nitrogens with zero attached hydrogens (tertiary/aromatic N) is 4. The van der Waals surface area contributed by atoms with Crippen molar-refractivity contribution in [3.05, 3.63) is 58.3 Å². The largest absolute Gasteiger partial charge is 0.348 e. The third-order valence-electron chi connectivity index (χ3n) is 6.79. The molecule has 0 bridgehead atoms. The minimum atomic E-state index is -0.102. The molecule has 1 aliphatic rings. The van der Waals surface area contributed by atoms with Crippen LogP contribution in [0, 0.1) is 13.8 Å². The second kappa shape index (κ2) is 8.69. The lowest BCUT2D eigenvalue weighted by Crippen LogP contribution is -2.47. The maximum Gasteiger partial charge on any atom is 0.281 e. The molecule has 1 amide bonds. The van der Waals surface area contributed by atoms with Gasteiger partial charge in [0.2, 0.25) is 5.91 Å². The van der Waals surface area contributed by atoms with Gasteiger partial charge in [-0.25, -0.2) is 0 Å². The fourth-order valence-corrected chi connectivity index (χ4v) is 5.13. The molecule has 6 nitrogen and oxygen atoms in total. The summed E-state index contributed by atoms with van der Waals surface area (Å²) in [7, 11) is 0. The summed E-state index contributed by atoms with van der Waals surface area (Å²) in [5.74, 6) is 0.250. The molecule has 2 aromatic heterocycles. The van der Waals surface area contributed by atoms with Crippen molar-refractivity contribution in [2.24, 2.45) is 0 Å². The van der Waals surface area contributed by atoms with Gasteiger partial charge in [-0.15, -0.1) is 0 Å². The average molecular weight is 421 g/mol. The highest BCUT2D eigenvalue weighted by Gasteiger charge is 2.28. The Morgan fingerprint density at radius 3 is 2.42 bits per heavy atom. The first kappa shape index (κ1) is 21.3. The second-order valence-electron chi connectivity index (χ2n) is 8.84. The number of carbonyl (C=O) groups excluding carboxylic acids is 1. The van der Waals surface area contributed by atoms with Crippen LogP contribution in [0.2, 0.25) is 0 Å². The second-order valence-corrected chi connectivity index (χ2v) is 8.84. The fraction of sp³-hybridized carbons (Fsp3) is 0.480. The van der Waals surface area contributed by atoms with Gasteiger partial charge < -0.3 is 9.47 Å². The van der Waals surface area contributed by atoms with Crippen LogP contribution in [0.15, 0.2) is 41.3 Å². The number of aryl methyl sites for hydroxylation is 2. The molecule has 0 N–H and O–H groups in total. The number of rotatable bonds is 5. The Kier molecular flexibility index (Phi) is 5.99. The number of benzene rings is 1. The minimum absolute atomic E-state index is 0.102. The number of fused-ring (bicyclic) bond motifs is 1. The van der Waals surface area contributed by atoms with E-state index in [-0.39, 0.29) is 11.5 Å². The average Bonchev–Trinajstić information content (AvgIpc) is 3.00. The van der Waals surface area contributed by atoms with Gasteiger partial charge in [-0.05, 0) is 65.5 Å². The normalized spacial score (nSPS) is 19.2. The highest BCUT2D eigenvalue weighted by atomic mass is 16.2. The van der Waals surface area contributed by atoms with Gasteiger partial charge in [0.1, 0.15) is 0 Å². The van der Waals surface area contributed by atoms with E-state index in [4.69, 9.17) is 0 Å². The van der Waals surface area contributed by atoms with E-state index >= 15 is 0 Å². The summed E-state index contributed by atoms with van der Waals surface area (Å²) in [5.41, 5.74) is 2.63. The quantitative estimate of drug-likeness (QED) is 0.616. The van der Waals surface area contributed by atoms with Crippen LogP contribution in [-0.4, -0.2) is 37.2 Å². The monoisotopic (exact) mass is 420 g/mol. The zero-order valence-electron chi connectivity index (χ0n) is 19.0. The van der Waals surface area contributed by atoms with E-state index in [0.717, 1.165) is 48.3 Å². The number of amides is 1. The van der Waals surface area contributed by atoms with Gasteiger partial charge in [0.25, 0.3) is 5.56 Å². The van der Waals surface area contributed by atoms with E-state index in [2.05, 4.69) is 28.4 Å². The first-order chi connectivity index (χ1) is 14.9. The Hall–Kier alpha value is -2.89. The molecule has 0 spiro atoms. The Balaban J connectivity index is 1.55. The number of piperidine rings is 1. The molecule has 4 rings (SSSR count). The topological polar surface area (TPSA) is 60.1 Å². The van der Waals surface area contributed by atoms with Gasteiger partial charge in [-0.1, -0.05) is 18.2 Å². The van der Waals surface area contributed by atoms with Gasteiger partial charge >= 0.3 is 0 Å². The van der Waals surface area contributed by atoms with Crippen molar-refractivity contribution in [1.29, 1.82) is 0 Å². The molecule has 0 saturated carbocycles. The van der Waals surface area contributed by atoms with Crippen molar-refractivity contribution in [2.75, 3.05) is 0 Å². The lowest BCUT2D eigenvalue weighted by Gasteiger charge is -2.39. The SMILES string of the molecule is Cc1c2cnn(-c3ccccc3)c(=O)c2c(C)n1CCCC(=O)N1[C@H](C)CCC[C@H]1C. The van der Waals surface area contributed by atoms with Crippen LogP contribution in [0.25, 0.3) is 16.5 Å². The third-order valence-corrected chi connectivity index (χ3v) is 6.79. The van der Waals surface area contributed by atoms with E-state index < -0.39 is 0 Å². The third kappa shape index (κ3) is 3.91. The van der Waals surface area contributed by atoms with Crippen molar-refractivity contribution < 1.29 is 4.79 Å². The molecule has 6 heteroatoms. The molecule has 3 aromatic rings. The number of carbonyl (C=O) groups is 1. The molecule has 3 heterocycles. The van der Waals surface area contributed by atoms with Crippen LogP contribution in [0.3, 0.4) is 0 Å². The van der Waals surface area contributed by atoms with Crippen molar-refractivity contribution >= 4 is 16.7 Å². The zero-order chi connectivity index (χ0) is 22.1. The highest BCUT2D eigenvalue weighted by molar-refractivity contribution is 5.87. The number of para-hydroxylation sites is 1. The van der Waals surface area contributed by atoms with Gasteiger partial charge in [0, 0.05) is 41.8 Å². The van der Waals surface area contributed by atoms with Crippen molar-refractivity contribution in [3.8, 4) is 5.69 Å². The van der Waals surface area contributed by atoms with Crippen molar-refractivity contribution in [1.82, 2.24) is 19.2 Å². The van der Waals surface area contributed by atoms with E-state index in [9.17, 15) is 9.59 Å². The Morgan fingerprint density at radius 1 is 1.06 bits per heavy atom. The predicted octanol–water partition coefficient (Wildman–Crippen LogP) is 4.37. The molecule has 164 valence electrons. The van der Waals surface area contributed by atoms with Gasteiger partial charge in [-0.2, -0.15) is 9.78 Å². The van der Waals surface area contributed by atoms with E-state index in [1.54, 1.807) is 6.20 Å². The highest BCUT2D eigenvalue weighted by Crippen LogP contribution is 2.25. The number of hydrogen-bond acceptors (Lipinski definition) is 3. The van der Waals surface area contributed by atoms with E-state index in [1.807, 2.05) is 44.2 Å². The zero-order valence-corrected chi connectivity index (χ0v) is 19.0. The lowest BCUT2D eigenvalue weighted by atomic mass is 9.97. The molecule has 2 atom stereocenters. The molecule has 1 aromatic carbocycles. The lowest BCUT2D eigenvalue weighted by molar-refractivity contribution is -0.137. The molecule has 1 aliphatic heterocycles. The van der Waals surface area contributed by atoms with E-state index in [0.29, 0.717) is 23.9 Å². The summed E-state index contributed by atoms with van der Waals surface area (Å²) in [5, 5.41) is 6.01. The molecule has 1 saturated heterocycles. The predicted molar refractivity (Wildman–Crippen MR) is 124 cm³/mol. The first-order valence-electron chi connectivity index (χ1n) is 11.3. The maximum atomic E-state index is 13.2. The van der Waals surface area contributed by atoms with Gasteiger partial charge in [0.15, 0.2) is 0 Å². The summed E-state index contributed by atoms with van der Waals surface area (Å²) < 4.78 is 3.63. The summed E-state index contributed by atoms with van der Waals surface area (Å²) in [6.07, 6.45) is 6.47. The Morgan fingerprint density at radius 2 is 1.74 bits per heavy atom. The molecular formula is C25H32N4O2. The van der Waals surface area contributed by atoms with E-state index in [1.165, 1.54) is 11.1 Å². The van der Waals surface area contributed by atoms with Crippen LogP contribution in [0.1, 0.15) is 57.3 Å². The Labute approximate surface area is 183 Å². The summed E-state index contributed by atoms with van der Waals surface area (Å²) in [6.45, 7) is 9.05. The number of hydrogen-bond donors (Lipinski definition) is 0. The Bertz CT molecular complexity index is 1140. The standard InChI is InChI=1S/C25H32N4O2/c1-17-10-8-11-18(2)28(17)23(30)14-9-15-27-19(3)22-16-26-29(21-12-6-5-7-13-21)25(31)24(22)20(27)4/h5-7,12-13,16-18H,8-11,14-15H2,1-4H3/t17-,18-/m1/s1. The van der Waals surface area contributed by atoms with Crippen LogP contribution < -0.4 is 5.56 Å². The van der Waals surface area contributed by atoms with Crippen LogP contribution >= 0.6 is 0 Å². The van der Waals surface area contributed by atoms with Crippen LogP contribution in [-0.2, 0) is 11.3 Å².